The predicted octanol–water partition coefficient (Wildman–Crippen LogP) is 1.63. The first-order valence-corrected chi connectivity index (χ1v) is 5.63. The first-order valence-electron chi connectivity index (χ1n) is 5.63. The summed E-state index contributed by atoms with van der Waals surface area (Å²) in [5.74, 6) is -1.22. The number of anilines is 2. The molecule has 0 aliphatic carbocycles. The minimum absolute atomic E-state index is 0.231. The molecule has 0 unspecified atom stereocenters. The van der Waals surface area contributed by atoms with Crippen molar-refractivity contribution in [2.75, 3.05) is 5.32 Å². The molecule has 0 aliphatic heterocycles. The zero-order valence-corrected chi connectivity index (χ0v) is 10.1. The lowest BCUT2D eigenvalue weighted by atomic mass is 10.1. The Morgan fingerprint density at radius 3 is 1.79 bits per heavy atom. The standard InChI is InChI=1S/C14H13N3O2/c15-13(18)9-6-10(14(16)19)8-12(7-9)17-11-4-2-1-3-5-11/h1-8,17H,(H2,15,18)(H2,16,19). The van der Waals surface area contributed by atoms with Gasteiger partial charge in [-0.25, -0.2) is 0 Å². The van der Waals surface area contributed by atoms with Crippen LogP contribution in [0.25, 0.3) is 0 Å². The molecule has 5 nitrogen and oxygen atoms in total. The lowest BCUT2D eigenvalue weighted by Crippen LogP contribution is -2.16. The molecule has 0 heterocycles. The van der Waals surface area contributed by atoms with Gasteiger partial charge in [0.1, 0.15) is 0 Å². The van der Waals surface area contributed by atoms with E-state index in [-0.39, 0.29) is 11.1 Å². The number of hydrogen-bond donors (Lipinski definition) is 3. The zero-order valence-electron chi connectivity index (χ0n) is 10.1. The molecule has 0 aliphatic rings. The lowest BCUT2D eigenvalue weighted by Gasteiger charge is -2.09. The van der Waals surface area contributed by atoms with Crippen molar-refractivity contribution in [3.05, 3.63) is 59.7 Å². The van der Waals surface area contributed by atoms with Crippen molar-refractivity contribution in [1.29, 1.82) is 0 Å². The third-order valence-electron chi connectivity index (χ3n) is 2.56. The highest BCUT2D eigenvalue weighted by molar-refractivity contribution is 6.00. The first kappa shape index (κ1) is 12.6. The van der Waals surface area contributed by atoms with Crippen LogP contribution in [0.15, 0.2) is 48.5 Å². The van der Waals surface area contributed by atoms with E-state index in [0.717, 1.165) is 5.69 Å². The molecule has 0 saturated carbocycles. The molecule has 2 rings (SSSR count). The maximum Gasteiger partial charge on any atom is 0.248 e. The van der Waals surface area contributed by atoms with E-state index in [0.29, 0.717) is 5.69 Å². The summed E-state index contributed by atoms with van der Waals surface area (Å²) < 4.78 is 0. The van der Waals surface area contributed by atoms with Gasteiger partial charge in [0.2, 0.25) is 11.8 Å². The van der Waals surface area contributed by atoms with Gasteiger partial charge in [0, 0.05) is 22.5 Å². The van der Waals surface area contributed by atoms with E-state index in [1.807, 2.05) is 30.3 Å². The average Bonchev–Trinajstić information content (AvgIpc) is 2.39. The molecule has 0 atom stereocenters. The molecule has 2 amide bonds. The second kappa shape index (κ2) is 5.22. The lowest BCUT2D eigenvalue weighted by molar-refractivity contribution is 0.0999. The number of benzene rings is 2. The fraction of sp³-hybridized carbons (Fsp3) is 0. The Morgan fingerprint density at radius 2 is 1.32 bits per heavy atom. The Kier molecular flexibility index (Phi) is 3.47. The molecule has 0 aromatic heterocycles. The molecule has 19 heavy (non-hydrogen) atoms. The largest absolute Gasteiger partial charge is 0.366 e. The highest BCUT2D eigenvalue weighted by atomic mass is 16.1. The van der Waals surface area contributed by atoms with Crippen LogP contribution in [0.1, 0.15) is 20.7 Å². The Labute approximate surface area is 110 Å². The van der Waals surface area contributed by atoms with Gasteiger partial charge >= 0.3 is 0 Å². The molecule has 0 bridgehead atoms. The van der Waals surface area contributed by atoms with Crippen LogP contribution < -0.4 is 16.8 Å². The molecule has 2 aromatic carbocycles. The molecular formula is C14H13N3O2. The Balaban J connectivity index is 2.39. The Morgan fingerprint density at radius 1 is 0.789 bits per heavy atom. The monoisotopic (exact) mass is 255 g/mol. The van der Waals surface area contributed by atoms with Crippen molar-refractivity contribution >= 4 is 23.2 Å². The Hall–Kier alpha value is -2.82. The molecule has 0 fully saturated rings. The van der Waals surface area contributed by atoms with Crippen LogP contribution in [0.2, 0.25) is 0 Å². The van der Waals surface area contributed by atoms with E-state index in [1.165, 1.54) is 6.07 Å². The van der Waals surface area contributed by atoms with Gasteiger partial charge in [-0.3, -0.25) is 9.59 Å². The fourth-order valence-electron chi connectivity index (χ4n) is 1.67. The summed E-state index contributed by atoms with van der Waals surface area (Å²) in [6.45, 7) is 0. The van der Waals surface area contributed by atoms with E-state index >= 15 is 0 Å². The van der Waals surface area contributed by atoms with Gasteiger partial charge in [-0.05, 0) is 30.3 Å². The molecule has 5 heteroatoms. The smallest absolute Gasteiger partial charge is 0.248 e. The topological polar surface area (TPSA) is 98.2 Å². The van der Waals surface area contributed by atoms with Gasteiger partial charge in [-0.15, -0.1) is 0 Å². The van der Waals surface area contributed by atoms with E-state index in [1.54, 1.807) is 12.1 Å². The Bertz CT molecular complexity index is 592. The number of carbonyl (C=O) groups excluding carboxylic acids is 2. The third kappa shape index (κ3) is 3.10. The summed E-state index contributed by atoms with van der Waals surface area (Å²) in [5, 5.41) is 3.08. The highest BCUT2D eigenvalue weighted by Gasteiger charge is 2.09. The molecule has 0 spiro atoms. The van der Waals surface area contributed by atoms with Gasteiger partial charge in [0.15, 0.2) is 0 Å². The summed E-state index contributed by atoms with van der Waals surface area (Å²) in [4.78, 5) is 22.4. The van der Waals surface area contributed by atoms with Crippen LogP contribution >= 0.6 is 0 Å². The summed E-state index contributed by atoms with van der Waals surface area (Å²) in [5.41, 5.74) is 12.3. The molecule has 2 aromatic rings. The number of amides is 2. The molecule has 96 valence electrons. The summed E-state index contributed by atoms with van der Waals surface area (Å²) in [7, 11) is 0. The summed E-state index contributed by atoms with van der Waals surface area (Å²) >= 11 is 0. The number of nitrogens with one attached hydrogen (secondary N) is 1. The maximum atomic E-state index is 11.2. The van der Waals surface area contributed by atoms with Crippen LogP contribution in [-0.4, -0.2) is 11.8 Å². The van der Waals surface area contributed by atoms with Crippen molar-refractivity contribution in [2.24, 2.45) is 11.5 Å². The normalized spacial score (nSPS) is 9.89. The minimum atomic E-state index is -0.612. The minimum Gasteiger partial charge on any atom is -0.366 e. The number of nitrogens with two attached hydrogens (primary N) is 2. The molecule has 5 N–H and O–H groups in total. The van der Waals surface area contributed by atoms with Gasteiger partial charge < -0.3 is 16.8 Å². The second-order valence-electron chi connectivity index (χ2n) is 4.02. The van der Waals surface area contributed by atoms with Crippen molar-refractivity contribution in [3.8, 4) is 0 Å². The summed E-state index contributed by atoms with van der Waals surface area (Å²) in [6, 6.07) is 13.9. The van der Waals surface area contributed by atoms with Gasteiger partial charge in [-0.2, -0.15) is 0 Å². The van der Waals surface area contributed by atoms with E-state index in [2.05, 4.69) is 5.32 Å². The fourth-order valence-corrected chi connectivity index (χ4v) is 1.67. The van der Waals surface area contributed by atoms with E-state index in [9.17, 15) is 9.59 Å². The van der Waals surface area contributed by atoms with Crippen LogP contribution in [0.3, 0.4) is 0 Å². The van der Waals surface area contributed by atoms with Crippen molar-refractivity contribution in [1.82, 2.24) is 0 Å². The van der Waals surface area contributed by atoms with Gasteiger partial charge in [0.25, 0.3) is 0 Å². The summed E-state index contributed by atoms with van der Waals surface area (Å²) in [6.07, 6.45) is 0. The van der Waals surface area contributed by atoms with Gasteiger partial charge in [0.05, 0.1) is 0 Å². The molecule has 0 radical (unpaired) electrons. The highest BCUT2D eigenvalue weighted by Crippen LogP contribution is 2.19. The van der Waals surface area contributed by atoms with Crippen molar-refractivity contribution in [2.45, 2.75) is 0 Å². The van der Waals surface area contributed by atoms with Crippen molar-refractivity contribution in [3.63, 3.8) is 0 Å². The molecule has 0 saturated heterocycles. The van der Waals surface area contributed by atoms with Crippen LogP contribution in [0.4, 0.5) is 11.4 Å². The number of carbonyl (C=O) groups is 2. The maximum absolute atomic E-state index is 11.2. The SMILES string of the molecule is NC(=O)c1cc(Nc2ccccc2)cc(C(N)=O)c1. The number of primary amides is 2. The second-order valence-corrected chi connectivity index (χ2v) is 4.02. The quantitative estimate of drug-likeness (QED) is 0.774. The molecular weight excluding hydrogens is 242 g/mol. The predicted molar refractivity (Wildman–Crippen MR) is 73.2 cm³/mol. The number of rotatable bonds is 4. The van der Waals surface area contributed by atoms with Crippen molar-refractivity contribution < 1.29 is 9.59 Å². The number of hydrogen-bond acceptors (Lipinski definition) is 3. The zero-order chi connectivity index (χ0) is 13.8. The van der Waals surface area contributed by atoms with Crippen LogP contribution in [0, 0.1) is 0 Å². The van der Waals surface area contributed by atoms with Gasteiger partial charge in [-0.1, -0.05) is 18.2 Å². The average molecular weight is 255 g/mol. The van der Waals surface area contributed by atoms with Crippen LogP contribution in [0.5, 0.6) is 0 Å². The number of para-hydroxylation sites is 1. The van der Waals surface area contributed by atoms with E-state index in [4.69, 9.17) is 11.5 Å². The third-order valence-corrected chi connectivity index (χ3v) is 2.56. The van der Waals surface area contributed by atoms with E-state index < -0.39 is 11.8 Å². The van der Waals surface area contributed by atoms with Crippen LogP contribution in [-0.2, 0) is 0 Å². The first-order chi connectivity index (χ1) is 9.06.